The van der Waals surface area contributed by atoms with Crippen molar-refractivity contribution in [1.29, 1.82) is 0 Å². The largest absolute Gasteiger partial charge is 0.497 e. The molecule has 0 aliphatic rings. The molecule has 0 amide bonds. The number of halogens is 2. The highest BCUT2D eigenvalue weighted by atomic mass is 35.5. The zero-order valence-corrected chi connectivity index (χ0v) is 14.8. The molecule has 8 heteroatoms. The fraction of sp³-hybridized carbons (Fsp3) is 0.200. The molecule has 23 heavy (non-hydrogen) atoms. The molecule has 0 unspecified atom stereocenters. The van der Waals surface area contributed by atoms with Crippen molar-refractivity contribution in [2.75, 3.05) is 18.9 Å². The van der Waals surface area contributed by atoms with Gasteiger partial charge in [0.2, 0.25) is 10.0 Å². The van der Waals surface area contributed by atoms with Crippen molar-refractivity contribution >= 4 is 38.9 Å². The molecule has 0 bridgehead atoms. The van der Waals surface area contributed by atoms with E-state index in [1.807, 2.05) is 0 Å². The zero-order chi connectivity index (χ0) is 17.0. The molecule has 0 saturated carbocycles. The molecule has 2 aromatic carbocycles. The van der Waals surface area contributed by atoms with Crippen LogP contribution in [0.2, 0.25) is 10.0 Å². The third-order valence-corrected chi connectivity index (χ3v) is 5.00. The van der Waals surface area contributed by atoms with Crippen LogP contribution in [0.3, 0.4) is 0 Å². The highest BCUT2D eigenvalue weighted by molar-refractivity contribution is 7.91. The summed E-state index contributed by atoms with van der Waals surface area (Å²) in [4.78, 5) is 0. The van der Waals surface area contributed by atoms with E-state index < -0.39 is 10.0 Å². The Kier molecular flexibility index (Phi) is 5.62. The number of ether oxygens (including phenoxy) is 2. The fourth-order valence-corrected chi connectivity index (χ4v) is 3.45. The predicted molar refractivity (Wildman–Crippen MR) is 92.3 cm³/mol. The van der Waals surface area contributed by atoms with E-state index >= 15 is 0 Å². The number of hydrogen-bond acceptors (Lipinski definition) is 4. The van der Waals surface area contributed by atoms with E-state index in [-0.39, 0.29) is 5.75 Å². The minimum absolute atomic E-state index is 0.246. The molecule has 5 nitrogen and oxygen atoms in total. The van der Waals surface area contributed by atoms with Gasteiger partial charge in [-0.05, 0) is 29.8 Å². The van der Waals surface area contributed by atoms with Crippen LogP contribution < -0.4 is 14.2 Å². The van der Waals surface area contributed by atoms with Crippen molar-refractivity contribution in [3.05, 3.63) is 52.0 Å². The summed E-state index contributed by atoms with van der Waals surface area (Å²) >= 11 is 11.7. The topological polar surface area (TPSA) is 64.6 Å². The lowest BCUT2D eigenvalue weighted by Crippen LogP contribution is -2.15. The third-order valence-electron chi connectivity index (χ3n) is 3.01. The number of methoxy groups -OCH3 is 2. The number of anilines is 1. The fourth-order valence-electron chi connectivity index (χ4n) is 1.95. The second kappa shape index (κ2) is 7.29. The number of benzene rings is 2. The number of hydrogen-bond donors (Lipinski definition) is 1. The highest BCUT2D eigenvalue weighted by Crippen LogP contribution is 2.30. The van der Waals surface area contributed by atoms with Gasteiger partial charge in [0.15, 0.2) is 0 Å². The molecule has 0 saturated heterocycles. The van der Waals surface area contributed by atoms with Gasteiger partial charge in [0.1, 0.15) is 11.5 Å². The molecule has 0 radical (unpaired) electrons. The van der Waals surface area contributed by atoms with Crippen LogP contribution >= 0.6 is 23.2 Å². The van der Waals surface area contributed by atoms with Gasteiger partial charge in [0.25, 0.3) is 0 Å². The van der Waals surface area contributed by atoms with Crippen molar-refractivity contribution in [3.63, 3.8) is 0 Å². The Bertz CT molecular complexity index is 809. The maximum absolute atomic E-state index is 12.3. The minimum Gasteiger partial charge on any atom is -0.497 e. The van der Waals surface area contributed by atoms with Crippen LogP contribution in [0, 0.1) is 0 Å². The first-order valence-corrected chi connectivity index (χ1v) is 8.92. The van der Waals surface area contributed by atoms with Gasteiger partial charge in [0.05, 0.1) is 35.7 Å². The van der Waals surface area contributed by atoms with Gasteiger partial charge in [0, 0.05) is 6.07 Å². The molecule has 0 fully saturated rings. The SMILES string of the molecule is COc1ccc(OC)c(NS(=O)(=O)Cc2ccc(Cl)c(Cl)c2)c1. The second-order valence-electron chi connectivity index (χ2n) is 4.68. The number of nitrogens with one attached hydrogen (secondary N) is 1. The van der Waals surface area contributed by atoms with Crippen LogP contribution in [0.1, 0.15) is 5.56 Å². The molecule has 1 N–H and O–H groups in total. The summed E-state index contributed by atoms with van der Waals surface area (Å²) in [6.07, 6.45) is 0. The summed E-state index contributed by atoms with van der Waals surface area (Å²) in [7, 11) is -0.709. The zero-order valence-electron chi connectivity index (χ0n) is 12.5. The standard InChI is InChI=1S/C15H15Cl2NO4S/c1-21-11-4-6-15(22-2)14(8-11)18-23(19,20)9-10-3-5-12(16)13(17)7-10/h3-8,18H,9H2,1-2H3. The summed E-state index contributed by atoms with van der Waals surface area (Å²) in [5, 5.41) is 0.675. The molecule has 2 rings (SSSR count). The van der Waals surface area contributed by atoms with E-state index in [4.69, 9.17) is 32.7 Å². The smallest absolute Gasteiger partial charge is 0.237 e. The monoisotopic (exact) mass is 375 g/mol. The lowest BCUT2D eigenvalue weighted by atomic mass is 10.2. The van der Waals surface area contributed by atoms with Crippen molar-refractivity contribution < 1.29 is 17.9 Å². The Hall–Kier alpha value is -1.63. The average Bonchev–Trinajstić information content (AvgIpc) is 2.50. The Morgan fingerprint density at radius 1 is 1.00 bits per heavy atom. The summed E-state index contributed by atoms with van der Waals surface area (Å²) in [6.45, 7) is 0. The van der Waals surface area contributed by atoms with Crippen LogP contribution in [0.4, 0.5) is 5.69 Å². The maximum atomic E-state index is 12.3. The number of sulfonamides is 1. The minimum atomic E-state index is -3.66. The molecule has 0 spiro atoms. The normalized spacial score (nSPS) is 11.1. The Balaban J connectivity index is 2.25. The van der Waals surface area contributed by atoms with Crippen molar-refractivity contribution in [3.8, 4) is 11.5 Å². The molecule has 0 heterocycles. The Morgan fingerprint density at radius 2 is 1.74 bits per heavy atom. The van der Waals surface area contributed by atoms with E-state index in [2.05, 4.69) is 4.72 Å². The van der Waals surface area contributed by atoms with E-state index in [0.717, 1.165) is 0 Å². The molecule has 0 aliphatic carbocycles. The summed E-state index contributed by atoms with van der Waals surface area (Å²) in [5.74, 6) is 0.658. The van der Waals surface area contributed by atoms with Gasteiger partial charge in [-0.2, -0.15) is 0 Å². The first kappa shape index (κ1) is 17.7. The van der Waals surface area contributed by atoms with Crippen LogP contribution in [-0.4, -0.2) is 22.6 Å². The first-order valence-electron chi connectivity index (χ1n) is 6.51. The molecule has 0 aromatic heterocycles. The van der Waals surface area contributed by atoms with Gasteiger partial charge in [-0.3, -0.25) is 4.72 Å². The first-order chi connectivity index (χ1) is 10.8. The van der Waals surface area contributed by atoms with E-state index in [0.29, 0.717) is 32.8 Å². The molecule has 124 valence electrons. The van der Waals surface area contributed by atoms with Crippen LogP contribution in [0.25, 0.3) is 0 Å². The van der Waals surface area contributed by atoms with Crippen molar-refractivity contribution in [2.45, 2.75) is 5.75 Å². The molecule has 0 atom stereocenters. The maximum Gasteiger partial charge on any atom is 0.237 e. The van der Waals surface area contributed by atoms with Gasteiger partial charge in [-0.1, -0.05) is 29.3 Å². The van der Waals surface area contributed by atoms with E-state index in [9.17, 15) is 8.42 Å². The third kappa shape index (κ3) is 4.67. The van der Waals surface area contributed by atoms with Crippen molar-refractivity contribution in [1.82, 2.24) is 0 Å². The van der Waals surface area contributed by atoms with Crippen LogP contribution in [-0.2, 0) is 15.8 Å². The Morgan fingerprint density at radius 3 is 2.35 bits per heavy atom. The van der Waals surface area contributed by atoms with E-state index in [1.54, 1.807) is 30.3 Å². The molecular weight excluding hydrogens is 361 g/mol. The number of rotatable bonds is 6. The molecule has 2 aromatic rings. The predicted octanol–water partition coefficient (Wildman–Crippen LogP) is 3.95. The molecular formula is C15H15Cl2NO4S. The average molecular weight is 376 g/mol. The van der Waals surface area contributed by atoms with Gasteiger partial charge >= 0.3 is 0 Å². The van der Waals surface area contributed by atoms with Crippen molar-refractivity contribution in [2.24, 2.45) is 0 Å². The quantitative estimate of drug-likeness (QED) is 0.829. The molecule has 0 aliphatic heterocycles. The lowest BCUT2D eigenvalue weighted by molar-refractivity contribution is 0.405. The summed E-state index contributed by atoms with van der Waals surface area (Å²) < 4.78 is 37.4. The van der Waals surface area contributed by atoms with Gasteiger partial charge in [-0.15, -0.1) is 0 Å². The van der Waals surface area contributed by atoms with Crippen LogP contribution in [0.5, 0.6) is 11.5 Å². The summed E-state index contributed by atoms with van der Waals surface area (Å²) in [6, 6.07) is 9.53. The van der Waals surface area contributed by atoms with Gasteiger partial charge < -0.3 is 9.47 Å². The Labute approximate surface area is 145 Å². The van der Waals surface area contributed by atoms with E-state index in [1.165, 1.54) is 20.3 Å². The lowest BCUT2D eigenvalue weighted by Gasteiger charge is -2.13. The summed E-state index contributed by atoms with van der Waals surface area (Å²) in [5.41, 5.74) is 0.820. The highest BCUT2D eigenvalue weighted by Gasteiger charge is 2.16. The van der Waals surface area contributed by atoms with Crippen LogP contribution in [0.15, 0.2) is 36.4 Å². The second-order valence-corrected chi connectivity index (χ2v) is 7.21. The van der Waals surface area contributed by atoms with Gasteiger partial charge in [-0.25, -0.2) is 8.42 Å².